The summed E-state index contributed by atoms with van der Waals surface area (Å²) in [4.78, 5) is 23.0. The van der Waals surface area contributed by atoms with Gasteiger partial charge in [0.1, 0.15) is 5.82 Å². The van der Waals surface area contributed by atoms with Crippen molar-refractivity contribution in [2.45, 2.75) is 39.3 Å². The molecule has 1 amide bonds. The standard InChI is InChI=1S/C18H27N7O/c1-11-12(2)21-16(18(26)19-4)22-17(11)25-9-6-14(10-25)20-13(3)15-7-8-24(5)23-15/h7-8,13-14,20H,6,9-10H2,1-5H3,(H,19,26)/t13?,14-/m1/s1. The Bertz CT molecular complexity index is 801. The quantitative estimate of drug-likeness (QED) is 0.834. The zero-order valence-electron chi connectivity index (χ0n) is 16.1. The van der Waals surface area contributed by atoms with Gasteiger partial charge in [-0.3, -0.25) is 9.48 Å². The van der Waals surface area contributed by atoms with Crippen LogP contribution in [-0.4, -0.2) is 51.8 Å². The molecule has 3 rings (SSSR count). The average molecular weight is 357 g/mol. The Morgan fingerprint density at radius 3 is 2.77 bits per heavy atom. The van der Waals surface area contributed by atoms with Gasteiger partial charge in [0.05, 0.1) is 5.69 Å². The fourth-order valence-corrected chi connectivity index (χ4v) is 3.33. The molecule has 2 aromatic rings. The maximum Gasteiger partial charge on any atom is 0.288 e. The van der Waals surface area contributed by atoms with E-state index in [-0.39, 0.29) is 17.8 Å². The van der Waals surface area contributed by atoms with Gasteiger partial charge in [0.25, 0.3) is 5.91 Å². The number of nitrogens with zero attached hydrogens (tertiary/aromatic N) is 5. The van der Waals surface area contributed by atoms with Gasteiger partial charge in [0, 0.05) is 56.7 Å². The average Bonchev–Trinajstić information content (AvgIpc) is 3.25. The van der Waals surface area contributed by atoms with Crippen molar-refractivity contribution in [1.82, 2.24) is 30.4 Å². The van der Waals surface area contributed by atoms with Gasteiger partial charge < -0.3 is 15.5 Å². The number of aromatic nitrogens is 4. The van der Waals surface area contributed by atoms with E-state index >= 15 is 0 Å². The van der Waals surface area contributed by atoms with E-state index in [9.17, 15) is 4.79 Å². The molecule has 26 heavy (non-hydrogen) atoms. The number of carbonyl (C=O) groups is 1. The van der Waals surface area contributed by atoms with Gasteiger partial charge in [-0.2, -0.15) is 5.10 Å². The first-order valence-corrected chi connectivity index (χ1v) is 8.97. The minimum Gasteiger partial charge on any atom is -0.355 e. The number of hydrogen-bond donors (Lipinski definition) is 2. The summed E-state index contributed by atoms with van der Waals surface area (Å²) in [5, 5.41) is 10.7. The summed E-state index contributed by atoms with van der Waals surface area (Å²) < 4.78 is 1.82. The summed E-state index contributed by atoms with van der Waals surface area (Å²) in [5.74, 6) is 0.821. The smallest absolute Gasteiger partial charge is 0.288 e. The SMILES string of the molecule is CNC(=O)c1nc(C)c(C)c(N2CC[C@@H](NC(C)c3ccn(C)n3)C2)n1. The molecule has 140 valence electrons. The lowest BCUT2D eigenvalue weighted by Gasteiger charge is -2.22. The van der Waals surface area contributed by atoms with E-state index in [0.717, 1.165) is 42.3 Å². The molecule has 8 nitrogen and oxygen atoms in total. The van der Waals surface area contributed by atoms with Crippen LogP contribution in [0.4, 0.5) is 5.82 Å². The number of rotatable bonds is 5. The Morgan fingerprint density at radius 1 is 1.35 bits per heavy atom. The van der Waals surface area contributed by atoms with Crippen LogP contribution in [0.15, 0.2) is 12.3 Å². The highest BCUT2D eigenvalue weighted by atomic mass is 16.2. The fraction of sp³-hybridized carbons (Fsp3) is 0.556. The van der Waals surface area contributed by atoms with Crippen molar-refractivity contribution in [2.75, 3.05) is 25.0 Å². The minimum absolute atomic E-state index is 0.191. The lowest BCUT2D eigenvalue weighted by molar-refractivity contribution is 0.0952. The molecule has 1 aliphatic rings. The second kappa shape index (κ2) is 7.41. The number of carbonyl (C=O) groups excluding carboxylic acids is 1. The molecule has 0 spiro atoms. The second-order valence-electron chi connectivity index (χ2n) is 6.89. The first-order chi connectivity index (χ1) is 12.4. The molecule has 2 N–H and O–H groups in total. The van der Waals surface area contributed by atoms with E-state index in [1.165, 1.54) is 0 Å². The van der Waals surface area contributed by atoms with Crippen molar-refractivity contribution in [3.05, 3.63) is 35.0 Å². The van der Waals surface area contributed by atoms with Crippen molar-refractivity contribution < 1.29 is 4.79 Å². The lowest BCUT2D eigenvalue weighted by atomic mass is 10.2. The Hall–Kier alpha value is -2.48. The van der Waals surface area contributed by atoms with Gasteiger partial charge in [-0.05, 0) is 33.3 Å². The monoisotopic (exact) mass is 357 g/mol. The van der Waals surface area contributed by atoms with Crippen molar-refractivity contribution in [3.8, 4) is 0 Å². The van der Waals surface area contributed by atoms with Gasteiger partial charge in [-0.15, -0.1) is 0 Å². The van der Waals surface area contributed by atoms with Crippen molar-refractivity contribution in [1.29, 1.82) is 0 Å². The third kappa shape index (κ3) is 3.70. The maximum atomic E-state index is 11.9. The third-order valence-electron chi connectivity index (χ3n) is 4.95. The molecular weight excluding hydrogens is 330 g/mol. The Labute approximate surface area is 154 Å². The van der Waals surface area contributed by atoms with E-state index in [4.69, 9.17) is 0 Å². The predicted molar refractivity (Wildman–Crippen MR) is 100 cm³/mol. The molecule has 0 saturated carbocycles. The highest BCUT2D eigenvalue weighted by Gasteiger charge is 2.27. The molecule has 0 aromatic carbocycles. The molecule has 1 saturated heterocycles. The summed E-state index contributed by atoms with van der Waals surface area (Å²) in [5.41, 5.74) is 2.91. The zero-order valence-corrected chi connectivity index (χ0v) is 16.1. The molecule has 1 unspecified atom stereocenters. The van der Waals surface area contributed by atoms with Crippen LogP contribution in [0, 0.1) is 13.8 Å². The summed E-state index contributed by atoms with van der Waals surface area (Å²) in [6.45, 7) is 7.81. The third-order valence-corrected chi connectivity index (χ3v) is 4.95. The van der Waals surface area contributed by atoms with Crippen molar-refractivity contribution >= 4 is 11.7 Å². The van der Waals surface area contributed by atoms with E-state index in [2.05, 4.69) is 37.5 Å². The highest BCUT2D eigenvalue weighted by Crippen LogP contribution is 2.25. The number of aryl methyl sites for hydroxylation is 2. The number of anilines is 1. The van der Waals surface area contributed by atoms with Crippen LogP contribution >= 0.6 is 0 Å². The second-order valence-corrected chi connectivity index (χ2v) is 6.89. The van der Waals surface area contributed by atoms with Gasteiger partial charge in [0.2, 0.25) is 5.82 Å². The van der Waals surface area contributed by atoms with Crippen LogP contribution in [0.5, 0.6) is 0 Å². The van der Waals surface area contributed by atoms with E-state index in [1.807, 2.05) is 37.8 Å². The van der Waals surface area contributed by atoms with Gasteiger partial charge in [0.15, 0.2) is 0 Å². The topological polar surface area (TPSA) is 88.0 Å². The van der Waals surface area contributed by atoms with E-state index in [1.54, 1.807) is 7.05 Å². The largest absolute Gasteiger partial charge is 0.355 e. The molecule has 1 aliphatic heterocycles. The van der Waals surface area contributed by atoms with Crippen LogP contribution in [-0.2, 0) is 7.05 Å². The summed E-state index contributed by atoms with van der Waals surface area (Å²) in [6, 6.07) is 2.58. The molecule has 2 aromatic heterocycles. The van der Waals surface area contributed by atoms with Gasteiger partial charge in [-0.1, -0.05) is 0 Å². The molecular formula is C18H27N7O. The molecule has 0 aliphatic carbocycles. The maximum absolute atomic E-state index is 11.9. The van der Waals surface area contributed by atoms with Crippen LogP contribution in [0.3, 0.4) is 0 Å². The molecule has 1 fully saturated rings. The Balaban J connectivity index is 1.72. The summed E-state index contributed by atoms with van der Waals surface area (Å²) in [6.07, 6.45) is 2.98. The molecule has 0 bridgehead atoms. The van der Waals surface area contributed by atoms with Crippen molar-refractivity contribution in [2.24, 2.45) is 7.05 Å². The molecule has 8 heteroatoms. The summed E-state index contributed by atoms with van der Waals surface area (Å²) >= 11 is 0. The minimum atomic E-state index is -0.257. The number of amides is 1. The first-order valence-electron chi connectivity index (χ1n) is 8.97. The lowest BCUT2D eigenvalue weighted by Crippen LogP contribution is -2.35. The Morgan fingerprint density at radius 2 is 2.12 bits per heavy atom. The van der Waals surface area contributed by atoms with E-state index in [0.29, 0.717) is 6.04 Å². The van der Waals surface area contributed by atoms with Crippen LogP contribution in [0.2, 0.25) is 0 Å². The van der Waals surface area contributed by atoms with E-state index < -0.39 is 0 Å². The van der Waals surface area contributed by atoms with Gasteiger partial charge in [-0.25, -0.2) is 9.97 Å². The van der Waals surface area contributed by atoms with Crippen LogP contribution in [0.1, 0.15) is 47.0 Å². The first kappa shape index (κ1) is 18.3. The number of nitrogens with one attached hydrogen (secondary N) is 2. The molecule has 0 radical (unpaired) electrons. The highest BCUT2D eigenvalue weighted by molar-refractivity contribution is 5.90. The fourth-order valence-electron chi connectivity index (χ4n) is 3.33. The van der Waals surface area contributed by atoms with Crippen LogP contribution in [0.25, 0.3) is 0 Å². The molecule has 2 atom stereocenters. The number of hydrogen-bond acceptors (Lipinski definition) is 6. The Kier molecular flexibility index (Phi) is 5.22. The normalized spacial score (nSPS) is 18.2. The zero-order chi connectivity index (χ0) is 18.8. The van der Waals surface area contributed by atoms with Gasteiger partial charge >= 0.3 is 0 Å². The van der Waals surface area contributed by atoms with Crippen LogP contribution < -0.4 is 15.5 Å². The predicted octanol–water partition coefficient (Wildman–Crippen LogP) is 1.12. The summed E-state index contributed by atoms with van der Waals surface area (Å²) in [7, 11) is 3.52. The molecule has 3 heterocycles. The van der Waals surface area contributed by atoms with Crippen molar-refractivity contribution in [3.63, 3.8) is 0 Å².